The van der Waals surface area contributed by atoms with Gasteiger partial charge in [0.1, 0.15) is 11.6 Å². The third-order valence-corrected chi connectivity index (χ3v) is 13.8. The van der Waals surface area contributed by atoms with Crippen LogP contribution in [0.15, 0.2) is 164 Å². The lowest BCUT2D eigenvalue weighted by atomic mass is 9.79. The molecule has 0 spiro atoms. The number of pyridine rings is 1. The van der Waals surface area contributed by atoms with Crippen LogP contribution in [0, 0.1) is 0 Å². The van der Waals surface area contributed by atoms with Crippen LogP contribution in [0.4, 0.5) is 0 Å². The number of aromatic nitrogens is 3. The van der Waals surface area contributed by atoms with Crippen molar-refractivity contribution in [3.8, 4) is 78.6 Å². The van der Waals surface area contributed by atoms with Crippen molar-refractivity contribution >= 4 is 11.0 Å². The summed E-state index contributed by atoms with van der Waals surface area (Å²) < 4.78 is 20.0. The van der Waals surface area contributed by atoms with Crippen LogP contribution in [0.2, 0.25) is 0 Å². The molecule has 0 amide bonds. The van der Waals surface area contributed by atoms with Gasteiger partial charge in [-0.2, -0.15) is 0 Å². The zero-order valence-electron chi connectivity index (χ0n) is 45.4. The Balaban J connectivity index is 1.34. The number of aromatic hydroxyl groups is 1. The van der Waals surface area contributed by atoms with Gasteiger partial charge in [-0.1, -0.05) is 193 Å². The molecule has 0 bridgehead atoms. The third-order valence-electron chi connectivity index (χ3n) is 13.8. The molecule has 4 nitrogen and oxygen atoms in total. The van der Waals surface area contributed by atoms with Gasteiger partial charge >= 0.3 is 0 Å². The highest BCUT2D eigenvalue weighted by Crippen LogP contribution is 2.46. The normalized spacial score (nSPS) is 13.1. The van der Waals surface area contributed by atoms with E-state index in [1.54, 1.807) is 0 Å². The Kier molecular flexibility index (Phi) is 11.9. The molecule has 0 fully saturated rings. The second-order valence-corrected chi connectivity index (χ2v) is 22.6. The number of nitrogens with zero attached hydrogens (tertiary/aromatic N) is 3. The fraction of sp³-hybridized carbons (Fsp3) is 0.273. The van der Waals surface area contributed by atoms with Crippen molar-refractivity contribution in [3.63, 3.8) is 0 Å². The van der Waals surface area contributed by atoms with E-state index >= 15 is 0 Å². The zero-order chi connectivity index (χ0) is 51.7. The summed E-state index contributed by atoms with van der Waals surface area (Å²) in [5.41, 5.74) is 17.7. The molecule has 4 heteroatoms. The Morgan fingerprint density at radius 2 is 1.09 bits per heavy atom. The Morgan fingerprint density at radius 1 is 0.471 bits per heavy atom. The SMILES string of the molecule is [2H]C(C)(C)c1ccc(-c2ccnc(-c3cc(-c4ccccc4)cc(-c4cccc5c4nc(-c4cc(C(C)(C)C)cc(C(C)(C)C)c4O)n5-c4ccc(C([2H])(C)C)cc4-c4ccc(C(C)(C)C)cc4)c3)c2)cc1. The van der Waals surface area contributed by atoms with Crippen molar-refractivity contribution in [2.75, 3.05) is 0 Å². The highest BCUT2D eigenvalue weighted by molar-refractivity contribution is 5.98. The van der Waals surface area contributed by atoms with Crippen LogP contribution in [-0.2, 0) is 16.2 Å². The van der Waals surface area contributed by atoms with Crippen LogP contribution in [0.3, 0.4) is 0 Å². The number of fused-ring (bicyclic) bond motifs is 1. The molecule has 354 valence electrons. The lowest BCUT2D eigenvalue weighted by Crippen LogP contribution is -2.17. The smallest absolute Gasteiger partial charge is 0.149 e. The van der Waals surface area contributed by atoms with Crippen molar-refractivity contribution < 1.29 is 7.85 Å². The number of hydrogen-bond donors (Lipinski definition) is 1. The van der Waals surface area contributed by atoms with Gasteiger partial charge in [0, 0.05) is 31.2 Å². The van der Waals surface area contributed by atoms with E-state index in [0.717, 1.165) is 94.7 Å². The number of para-hydroxylation sites is 1. The van der Waals surface area contributed by atoms with Crippen molar-refractivity contribution in [2.24, 2.45) is 0 Å². The lowest BCUT2D eigenvalue weighted by molar-refractivity contribution is 0.446. The maximum Gasteiger partial charge on any atom is 0.149 e. The van der Waals surface area contributed by atoms with Gasteiger partial charge in [0.05, 0.1) is 28.0 Å². The molecule has 0 aliphatic rings. The molecule has 0 aliphatic carbocycles. The van der Waals surface area contributed by atoms with Crippen LogP contribution in [0.25, 0.3) is 83.9 Å². The van der Waals surface area contributed by atoms with Gasteiger partial charge in [-0.25, -0.2) is 4.98 Å². The average molecular weight is 922 g/mol. The van der Waals surface area contributed by atoms with E-state index in [1.807, 2.05) is 58.2 Å². The number of rotatable bonds is 9. The zero-order valence-corrected chi connectivity index (χ0v) is 43.4. The minimum absolute atomic E-state index is 0.0277. The number of imidazole rings is 1. The van der Waals surface area contributed by atoms with Crippen LogP contribution in [0.1, 0.15) is 132 Å². The van der Waals surface area contributed by atoms with E-state index in [-0.39, 0.29) is 22.0 Å². The van der Waals surface area contributed by atoms with Crippen molar-refractivity contribution in [3.05, 3.63) is 192 Å². The lowest BCUT2D eigenvalue weighted by Gasteiger charge is -2.27. The topological polar surface area (TPSA) is 50.9 Å². The van der Waals surface area contributed by atoms with Gasteiger partial charge in [0.2, 0.25) is 0 Å². The van der Waals surface area contributed by atoms with Crippen molar-refractivity contribution in [1.29, 1.82) is 0 Å². The largest absolute Gasteiger partial charge is 0.507 e. The van der Waals surface area contributed by atoms with Crippen LogP contribution >= 0.6 is 0 Å². The average Bonchev–Trinajstić information content (AvgIpc) is 3.72. The summed E-state index contributed by atoms with van der Waals surface area (Å²) in [6, 6.07) is 55.6. The predicted molar refractivity (Wildman–Crippen MR) is 297 cm³/mol. The van der Waals surface area contributed by atoms with Gasteiger partial charge in [0.25, 0.3) is 0 Å². The fourth-order valence-electron chi connectivity index (χ4n) is 9.48. The van der Waals surface area contributed by atoms with Gasteiger partial charge in [-0.15, -0.1) is 0 Å². The number of hydrogen-bond acceptors (Lipinski definition) is 3. The first kappa shape index (κ1) is 45.4. The van der Waals surface area contributed by atoms with Gasteiger partial charge in [-0.3, -0.25) is 9.55 Å². The van der Waals surface area contributed by atoms with Gasteiger partial charge in [0.15, 0.2) is 0 Å². The predicted octanol–water partition coefficient (Wildman–Crippen LogP) is 18.3. The summed E-state index contributed by atoms with van der Waals surface area (Å²) in [6.07, 6.45) is 1.88. The molecule has 2 heterocycles. The van der Waals surface area contributed by atoms with E-state index < -0.39 is 11.8 Å². The van der Waals surface area contributed by atoms with Crippen LogP contribution < -0.4 is 0 Å². The molecule has 0 unspecified atom stereocenters. The summed E-state index contributed by atoms with van der Waals surface area (Å²) in [5.74, 6) is -0.699. The highest BCUT2D eigenvalue weighted by Gasteiger charge is 2.30. The molecule has 2 aromatic heterocycles. The second-order valence-electron chi connectivity index (χ2n) is 22.6. The molecule has 0 atom stereocenters. The fourth-order valence-corrected chi connectivity index (χ4v) is 9.48. The Bertz CT molecular complexity index is 3460. The van der Waals surface area contributed by atoms with Gasteiger partial charge in [-0.05, 0) is 138 Å². The molecular weight excluding hydrogens is 851 g/mol. The summed E-state index contributed by atoms with van der Waals surface area (Å²) in [6.45, 7) is 27.5. The molecule has 0 radical (unpaired) electrons. The first-order chi connectivity index (χ1) is 33.8. The van der Waals surface area contributed by atoms with E-state index in [0.29, 0.717) is 11.4 Å². The van der Waals surface area contributed by atoms with E-state index in [2.05, 4.69) is 200 Å². The molecular formula is C66H69N3O. The van der Waals surface area contributed by atoms with E-state index in [4.69, 9.17) is 11.3 Å². The van der Waals surface area contributed by atoms with Crippen LogP contribution in [-0.4, -0.2) is 19.6 Å². The molecule has 9 aromatic rings. The summed E-state index contributed by atoms with van der Waals surface area (Å²) in [7, 11) is 0. The molecule has 0 saturated carbocycles. The minimum atomic E-state index is -0.855. The minimum Gasteiger partial charge on any atom is -0.507 e. The number of phenols is 1. The number of phenolic OH excluding ortho intramolecular Hbond substituents is 1. The van der Waals surface area contributed by atoms with Gasteiger partial charge < -0.3 is 5.11 Å². The molecule has 1 N–H and O–H groups in total. The Hall–Kier alpha value is -7.04. The molecule has 9 rings (SSSR count). The maximum atomic E-state index is 12.7. The monoisotopic (exact) mass is 922 g/mol. The summed E-state index contributed by atoms with van der Waals surface area (Å²) in [5, 5.41) is 12.7. The Labute approximate surface area is 420 Å². The quantitative estimate of drug-likeness (QED) is 0.157. The first-order valence-electron chi connectivity index (χ1n) is 25.7. The Morgan fingerprint density at radius 3 is 1.73 bits per heavy atom. The standard InChI is InChI=1S/C66H69N3O/c1-41(2)43-22-24-45(25-23-43)48-32-33-67-58(38-48)51-35-49(44-18-15-14-16-19-44)34-50(36-51)54-20-17-21-60-61(54)68-63(56-39-53(65(8,9)10)40-57(62(56)70)66(11,12)13)69(60)59-31-28-47(42(3)4)37-55(59)46-26-29-52(30-27-46)64(5,6)7/h14-42,70H,1-13H3/i41D,42D. The molecule has 0 saturated heterocycles. The second kappa shape index (κ2) is 18.4. The molecule has 7 aromatic carbocycles. The third kappa shape index (κ3) is 9.49. The van der Waals surface area contributed by atoms with Crippen LogP contribution in [0.5, 0.6) is 5.75 Å². The maximum absolute atomic E-state index is 12.7. The first-order valence-corrected chi connectivity index (χ1v) is 24.7. The molecule has 0 aliphatic heterocycles. The van der Waals surface area contributed by atoms with E-state index in [9.17, 15) is 6.48 Å². The summed E-state index contributed by atoms with van der Waals surface area (Å²) in [4.78, 5) is 10.7. The van der Waals surface area contributed by atoms with Crippen molar-refractivity contribution in [1.82, 2.24) is 14.5 Å². The summed E-state index contributed by atoms with van der Waals surface area (Å²) >= 11 is 0. The molecule has 70 heavy (non-hydrogen) atoms. The number of benzene rings is 7. The van der Waals surface area contributed by atoms with Crippen molar-refractivity contribution in [2.45, 2.75) is 118 Å². The van der Waals surface area contributed by atoms with E-state index in [1.165, 1.54) is 5.56 Å². The highest BCUT2D eigenvalue weighted by atomic mass is 16.3.